The Morgan fingerprint density at radius 3 is 2.44 bits per heavy atom. The molecule has 0 radical (unpaired) electrons. The molecule has 0 aromatic carbocycles. The fraction of sp³-hybridized carbons (Fsp3) is 0.583. The van der Waals surface area contributed by atoms with Crippen LogP contribution in [-0.2, 0) is 11.3 Å². The summed E-state index contributed by atoms with van der Waals surface area (Å²) in [4.78, 5) is 24.6. The third kappa shape index (κ3) is 3.09. The highest BCUT2D eigenvalue weighted by atomic mass is 16.4. The Labute approximate surface area is 105 Å². The minimum absolute atomic E-state index is 0.0111. The first kappa shape index (κ1) is 12.6. The van der Waals surface area contributed by atoms with E-state index in [9.17, 15) is 9.59 Å². The second-order valence-corrected chi connectivity index (χ2v) is 4.53. The number of carboxylic acids is 1. The van der Waals surface area contributed by atoms with Crippen molar-refractivity contribution in [3.05, 3.63) is 18.0 Å². The van der Waals surface area contributed by atoms with Gasteiger partial charge in [-0.25, -0.2) is 4.79 Å². The van der Waals surface area contributed by atoms with Crippen molar-refractivity contribution in [1.82, 2.24) is 14.7 Å². The van der Waals surface area contributed by atoms with E-state index in [0.29, 0.717) is 0 Å². The predicted molar refractivity (Wildman–Crippen MR) is 64.2 cm³/mol. The van der Waals surface area contributed by atoms with E-state index in [1.54, 1.807) is 0 Å². The van der Waals surface area contributed by atoms with E-state index >= 15 is 0 Å². The first-order chi connectivity index (χ1) is 8.66. The lowest BCUT2D eigenvalue weighted by molar-refractivity contribution is -0.132. The molecular formula is C12H17N3O3. The maximum Gasteiger partial charge on any atom is 0.338 e. The highest BCUT2D eigenvalue weighted by molar-refractivity contribution is 5.87. The lowest BCUT2D eigenvalue weighted by Gasteiger charge is -2.20. The second kappa shape index (κ2) is 5.66. The third-order valence-electron chi connectivity index (χ3n) is 3.14. The Bertz CT molecular complexity index is 434. The molecule has 1 aromatic heterocycles. The van der Waals surface area contributed by atoms with Gasteiger partial charge in [-0.05, 0) is 12.8 Å². The van der Waals surface area contributed by atoms with Crippen LogP contribution in [0, 0.1) is 0 Å². The number of carbonyl (C=O) groups is 2. The van der Waals surface area contributed by atoms with Crippen LogP contribution in [0.3, 0.4) is 0 Å². The molecule has 1 amide bonds. The third-order valence-corrected chi connectivity index (χ3v) is 3.14. The minimum Gasteiger partial charge on any atom is -0.478 e. The van der Waals surface area contributed by atoms with Gasteiger partial charge in [0.1, 0.15) is 6.54 Å². The molecule has 0 unspecified atom stereocenters. The van der Waals surface area contributed by atoms with Crippen LogP contribution >= 0.6 is 0 Å². The van der Waals surface area contributed by atoms with E-state index < -0.39 is 5.97 Å². The lowest BCUT2D eigenvalue weighted by Crippen LogP contribution is -2.34. The van der Waals surface area contributed by atoms with Gasteiger partial charge in [-0.2, -0.15) is 5.10 Å². The summed E-state index contributed by atoms with van der Waals surface area (Å²) in [6.45, 7) is 1.71. The Kier molecular flexibility index (Phi) is 3.96. The molecule has 0 aliphatic carbocycles. The molecule has 2 heterocycles. The molecule has 1 aliphatic heterocycles. The van der Waals surface area contributed by atoms with E-state index in [4.69, 9.17) is 5.11 Å². The number of carbonyl (C=O) groups excluding carboxylic acids is 1. The van der Waals surface area contributed by atoms with Gasteiger partial charge < -0.3 is 10.0 Å². The largest absolute Gasteiger partial charge is 0.478 e. The number of nitrogens with zero attached hydrogens (tertiary/aromatic N) is 3. The van der Waals surface area contributed by atoms with E-state index in [0.717, 1.165) is 25.9 Å². The average molecular weight is 251 g/mol. The van der Waals surface area contributed by atoms with Crippen molar-refractivity contribution in [1.29, 1.82) is 0 Å². The Morgan fingerprint density at radius 2 is 1.89 bits per heavy atom. The van der Waals surface area contributed by atoms with Gasteiger partial charge in [0, 0.05) is 19.3 Å². The van der Waals surface area contributed by atoms with Crippen LogP contribution in [0.1, 0.15) is 36.0 Å². The SMILES string of the molecule is O=C(O)c1cnn(CC(=O)N2CCCCCC2)c1. The van der Waals surface area contributed by atoms with Crippen molar-refractivity contribution in [2.24, 2.45) is 0 Å². The average Bonchev–Trinajstić information content (AvgIpc) is 2.64. The number of hydrogen-bond donors (Lipinski definition) is 1. The number of amides is 1. The van der Waals surface area contributed by atoms with Crippen LogP contribution in [0.2, 0.25) is 0 Å². The van der Waals surface area contributed by atoms with Crippen molar-refractivity contribution in [3.63, 3.8) is 0 Å². The Hall–Kier alpha value is -1.85. The number of carboxylic acid groups (broad SMARTS) is 1. The second-order valence-electron chi connectivity index (χ2n) is 4.53. The zero-order chi connectivity index (χ0) is 13.0. The van der Waals surface area contributed by atoms with Gasteiger partial charge in [-0.15, -0.1) is 0 Å². The monoisotopic (exact) mass is 251 g/mol. The number of aromatic nitrogens is 2. The van der Waals surface area contributed by atoms with Crippen LogP contribution in [0.15, 0.2) is 12.4 Å². The highest BCUT2D eigenvalue weighted by Gasteiger charge is 2.16. The topological polar surface area (TPSA) is 75.4 Å². The summed E-state index contributed by atoms with van der Waals surface area (Å²) >= 11 is 0. The zero-order valence-electron chi connectivity index (χ0n) is 10.2. The molecule has 6 heteroatoms. The number of likely N-dealkylation sites (tertiary alicyclic amines) is 1. The van der Waals surface area contributed by atoms with Crippen LogP contribution < -0.4 is 0 Å². The zero-order valence-corrected chi connectivity index (χ0v) is 10.2. The van der Waals surface area contributed by atoms with Gasteiger partial charge in [0.15, 0.2) is 0 Å². The summed E-state index contributed by atoms with van der Waals surface area (Å²) in [6, 6.07) is 0. The van der Waals surface area contributed by atoms with Gasteiger partial charge in [-0.1, -0.05) is 12.8 Å². The fourth-order valence-electron chi connectivity index (χ4n) is 2.12. The van der Waals surface area contributed by atoms with E-state index in [-0.39, 0.29) is 18.0 Å². The van der Waals surface area contributed by atoms with Crippen molar-refractivity contribution >= 4 is 11.9 Å². The molecule has 0 atom stereocenters. The van der Waals surface area contributed by atoms with Gasteiger partial charge in [-0.3, -0.25) is 9.48 Å². The molecule has 1 aromatic rings. The first-order valence-corrected chi connectivity index (χ1v) is 6.20. The molecule has 1 N–H and O–H groups in total. The predicted octanol–water partition coefficient (Wildman–Crippen LogP) is 0.984. The molecular weight excluding hydrogens is 234 g/mol. The van der Waals surface area contributed by atoms with Crippen LogP contribution in [0.4, 0.5) is 0 Å². The number of aromatic carboxylic acids is 1. The summed E-state index contributed by atoms with van der Waals surface area (Å²) in [5.74, 6) is -1.01. The summed E-state index contributed by atoms with van der Waals surface area (Å²) in [6.07, 6.45) is 7.09. The fourth-order valence-corrected chi connectivity index (χ4v) is 2.12. The van der Waals surface area contributed by atoms with Crippen molar-refractivity contribution in [2.75, 3.05) is 13.1 Å². The number of rotatable bonds is 3. The van der Waals surface area contributed by atoms with Gasteiger partial charge in [0.2, 0.25) is 5.91 Å². The van der Waals surface area contributed by atoms with Crippen LogP contribution in [0.5, 0.6) is 0 Å². The molecule has 1 fully saturated rings. The summed E-state index contributed by atoms with van der Waals surface area (Å²) in [5, 5.41) is 12.7. The van der Waals surface area contributed by atoms with Crippen molar-refractivity contribution in [2.45, 2.75) is 32.2 Å². The van der Waals surface area contributed by atoms with E-state index in [1.807, 2.05) is 4.90 Å². The molecule has 0 bridgehead atoms. The lowest BCUT2D eigenvalue weighted by atomic mass is 10.2. The summed E-state index contributed by atoms with van der Waals surface area (Å²) < 4.78 is 1.39. The van der Waals surface area contributed by atoms with Crippen molar-refractivity contribution in [3.8, 4) is 0 Å². The quantitative estimate of drug-likeness (QED) is 0.869. The highest BCUT2D eigenvalue weighted by Crippen LogP contribution is 2.10. The molecule has 0 saturated carbocycles. The van der Waals surface area contributed by atoms with Gasteiger partial charge in [0.25, 0.3) is 0 Å². The Balaban J connectivity index is 1.94. The molecule has 18 heavy (non-hydrogen) atoms. The number of hydrogen-bond acceptors (Lipinski definition) is 3. The standard InChI is InChI=1S/C12H17N3O3/c16-11(14-5-3-1-2-4-6-14)9-15-8-10(7-13-15)12(17)18/h7-8H,1-6,9H2,(H,17,18). The molecule has 1 aliphatic rings. The molecule has 98 valence electrons. The summed E-state index contributed by atoms with van der Waals surface area (Å²) in [5.41, 5.74) is 0.110. The van der Waals surface area contributed by atoms with E-state index in [2.05, 4.69) is 5.10 Å². The molecule has 1 saturated heterocycles. The van der Waals surface area contributed by atoms with Crippen LogP contribution in [0.25, 0.3) is 0 Å². The van der Waals surface area contributed by atoms with Crippen LogP contribution in [-0.4, -0.2) is 44.8 Å². The smallest absolute Gasteiger partial charge is 0.338 e. The molecule has 0 spiro atoms. The Morgan fingerprint density at radius 1 is 1.22 bits per heavy atom. The van der Waals surface area contributed by atoms with Gasteiger partial charge >= 0.3 is 5.97 Å². The van der Waals surface area contributed by atoms with E-state index in [1.165, 1.54) is 29.9 Å². The summed E-state index contributed by atoms with van der Waals surface area (Å²) in [7, 11) is 0. The minimum atomic E-state index is -1.02. The van der Waals surface area contributed by atoms with Gasteiger partial charge in [0.05, 0.1) is 11.8 Å². The maximum absolute atomic E-state index is 12.0. The molecule has 2 rings (SSSR count). The normalized spacial score (nSPS) is 16.3. The maximum atomic E-state index is 12.0. The van der Waals surface area contributed by atoms with Crippen molar-refractivity contribution < 1.29 is 14.7 Å². The first-order valence-electron chi connectivity index (χ1n) is 6.20. The molecule has 6 nitrogen and oxygen atoms in total.